The highest BCUT2D eigenvalue weighted by Gasteiger charge is 2.56. The van der Waals surface area contributed by atoms with E-state index in [1.165, 1.54) is 0 Å². The molecule has 2 atom stereocenters. The number of aromatic nitrogens is 2. The first-order valence-corrected chi connectivity index (χ1v) is 7.43. The fraction of sp³-hybridized carbons (Fsp3) is 0.733. The van der Waals surface area contributed by atoms with E-state index >= 15 is 0 Å². The molecule has 2 heterocycles. The van der Waals surface area contributed by atoms with Crippen molar-refractivity contribution < 1.29 is 14.6 Å². The topological polar surface area (TPSA) is 64.3 Å². The quantitative estimate of drug-likeness (QED) is 0.892. The zero-order valence-electron chi connectivity index (χ0n) is 12.1. The van der Waals surface area contributed by atoms with Crippen molar-refractivity contribution in [2.75, 3.05) is 6.61 Å². The summed E-state index contributed by atoms with van der Waals surface area (Å²) in [5.74, 6) is -0.279. The number of carboxylic acids is 1. The van der Waals surface area contributed by atoms with Gasteiger partial charge in [-0.1, -0.05) is 6.92 Å². The van der Waals surface area contributed by atoms with E-state index in [9.17, 15) is 9.90 Å². The van der Waals surface area contributed by atoms with E-state index in [0.717, 1.165) is 30.7 Å². The van der Waals surface area contributed by atoms with E-state index in [4.69, 9.17) is 4.74 Å². The van der Waals surface area contributed by atoms with Crippen molar-refractivity contribution in [2.24, 2.45) is 18.4 Å². The van der Waals surface area contributed by atoms with Crippen molar-refractivity contribution in [1.29, 1.82) is 0 Å². The summed E-state index contributed by atoms with van der Waals surface area (Å²) in [6, 6.07) is 2.03. The van der Waals surface area contributed by atoms with Gasteiger partial charge in [0.1, 0.15) is 5.41 Å². The predicted molar refractivity (Wildman–Crippen MR) is 73.4 cm³/mol. The molecule has 1 saturated heterocycles. The van der Waals surface area contributed by atoms with Gasteiger partial charge in [-0.3, -0.25) is 9.48 Å². The first kappa shape index (κ1) is 13.6. The summed E-state index contributed by atoms with van der Waals surface area (Å²) in [6.07, 6.45) is 4.08. The molecule has 0 aromatic carbocycles. The van der Waals surface area contributed by atoms with Crippen LogP contribution in [-0.2, 0) is 29.4 Å². The fourth-order valence-electron chi connectivity index (χ4n) is 3.38. The maximum atomic E-state index is 11.9. The largest absolute Gasteiger partial charge is 0.481 e. The van der Waals surface area contributed by atoms with Crippen LogP contribution in [-0.4, -0.2) is 33.6 Å². The van der Waals surface area contributed by atoms with Crippen molar-refractivity contribution in [2.45, 2.75) is 45.1 Å². The minimum absolute atomic E-state index is 0.125. The van der Waals surface area contributed by atoms with E-state index in [0.29, 0.717) is 25.4 Å². The Morgan fingerprint density at radius 2 is 2.35 bits per heavy atom. The van der Waals surface area contributed by atoms with E-state index < -0.39 is 11.4 Å². The maximum absolute atomic E-state index is 11.9. The molecule has 1 aliphatic heterocycles. The number of aliphatic carboxylic acids is 1. The minimum Gasteiger partial charge on any atom is -0.481 e. The summed E-state index contributed by atoms with van der Waals surface area (Å²) in [7, 11) is 1.89. The molecule has 2 aliphatic rings. The molecule has 1 N–H and O–H groups in total. The fourth-order valence-corrected chi connectivity index (χ4v) is 3.38. The monoisotopic (exact) mass is 278 g/mol. The van der Waals surface area contributed by atoms with Gasteiger partial charge < -0.3 is 9.84 Å². The van der Waals surface area contributed by atoms with Crippen molar-refractivity contribution in [1.82, 2.24) is 9.78 Å². The lowest BCUT2D eigenvalue weighted by Gasteiger charge is -2.29. The van der Waals surface area contributed by atoms with Crippen LogP contribution in [0.4, 0.5) is 0 Å². The summed E-state index contributed by atoms with van der Waals surface area (Å²) in [4.78, 5) is 11.9. The van der Waals surface area contributed by atoms with E-state index in [-0.39, 0.29) is 6.10 Å². The van der Waals surface area contributed by atoms with Gasteiger partial charge in [-0.25, -0.2) is 0 Å². The Labute approximate surface area is 118 Å². The molecule has 20 heavy (non-hydrogen) atoms. The molecule has 5 nitrogen and oxygen atoms in total. The molecule has 1 aliphatic carbocycles. The third-order valence-electron chi connectivity index (χ3n) is 4.75. The standard InChI is InChI=1S/C15H22N2O3/c1-3-11-8-12(17(2)16-11)9-15(14(18)19)6-7-20-13(15)10-4-5-10/h8,10,13H,3-7,9H2,1-2H3,(H,18,19). The first-order chi connectivity index (χ1) is 9.56. The Bertz CT molecular complexity index is 521. The smallest absolute Gasteiger partial charge is 0.312 e. The second-order valence-corrected chi connectivity index (χ2v) is 6.12. The third-order valence-corrected chi connectivity index (χ3v) is 4.75. The first-order valence-electron chi connectivity index (χ1n) is 7.43. The lowest BCUT2D eigenvalue weighted by Crippen LogP contribution is -2.42. The molecule has 110 valence electrons. The molecule has 1 aromatic rings. The molecule has 0 bridgehead atoms. The average molecular weight is 278 g/mol. The number of ether oxygens (including phenoxy) is 1. The molecular weight excluding hydrogens is 256 g/mol. The second kappa shape index (κ2) is 4.88. The number of aryl methyl sites for hydroxylation is 2. The number of hydrogen-bond donors (Lipinski definition) is 1. The Kier molecular flexibility index (Phi) is 3.32. The van der Waals surface area contributed by atoms with Gasteiger partial charge in [-0.15, -0.1) is 0 Å². The number of rotatable bonds is 5. The summed E-state index contributed by atoms with van der Waals surface area (Å²) in [5, 5.41) is 14.2. The van der Waals surface area contributed by atoms with Gasteiger partial charge in [0.15, 0.2) is 0 Å². The number of carbonyl (C=O) groups is 1. The SMILES string of the molecule is CCc1cc(CC2(C(=O)O)CCOC2C2CC2)n(C)n1. The van der Waals surface area contributed by atoms with Gasteiger partial charge in [0.25, 0.3) is 0 Å². The molecule has 5 heteroatoms. The van der Waals surface area contributed by atoms with Crippen LogP contribution in [0.3, 0.4) is 0 Å². The molecule has 0 spiro atoms. The molecular formula is C15H22N2O3. The second-order valence-electron chi connectivity index (χ2n) is 6.12. The minimum atomic E-state index is -0.764. The van der Waals surface area contributed by atoms with Crippen LogP contribution in [0.25, 0.3) is 0 Å². The highest BCUT2D eigenvalue weighted by atomic mass is 16.5. The number of carboxylic acid groups (broad SMARTS) is 1. The molecule has 2 fully saturated rings. The van der Waals surface area contributed by atoms with Gasteiger partial charge in [-0.05, 0) is 37.7 Å². The highest BCUT2D eigenvalue weighted by Crippen LogP contribution is 2.49. The van der Waals surface area contributed by atoms with E-state index in [2.05, 4.69) is 12.0 Å². The van der Waals surface area contributed by atoms with Crippen molar-refractivity contribution in [3.8, 4) is 0 Å². The number of hydrogen-bond acceptors (Lipinski definition) is 3. The normalized spacial score (nSPS) is 29.8. The molecule has 3 rings (SSSR count). The van der Waals surface area contributed by atoms with E-state index in [1.807, 2.05) is 17.8 Å². The van der Waals surface area contributed by atoms with Crippen LogP contribution >= 0.6 is 0 Å². The van der Waals surface area contributed by atoms with Crippen molar-refractivity contribution in [3.05, 3.63) is 17.5 Å². The van der Waals surface area contributed by atoms with Crippen molar-refractivity contribution >= 4 is 5.97 Å². The summed E-state index contributed by atoms with van der Waals surface area (Å²) < 4.78 is 7.61. The Hall–Kier alpha value is -1.36. The lowest BCUT2D eigenvalue weighted by molar-refractivity contribution is -0.153. The van der Waals surface area contributed by atoms with Gasteiger partial charge in [0.2, 0.25) is 0 Å². The van der Waals surface area contributed by atoms with Crippen LogP contribution in [0.2, 0.25) is 0 Å². The summed E-state index contributed by atoms with van der Waals surface area (Å²) in [5.41, 5.74) is 1.25. The Morgan fingerprint density at radius 3 is 2.90 bits per heavy atom. The third kappa shape index (κ3) is 2.14. The summed E-state index contributed by atoms with van der Waals surface area (Å²) in [6.45, 7) is 2.62. The van der Waals surface area contributed by atoms with Gasteiger partial charge in [0.05, 0.1) is 11.8 Å². The molecule has 1 saturated carbocycles. The predicted octanol–water partition coefficient (Wildman–Crippen LogP) is 1.79. The van der Waals surface area contributed by atoms with E-state index in [1.54, 1.807) is 0 Å². The molecule has 2 unspecified atom stereocenters. The summed E-state index contributed by atoms with van der Waals surface area (Å²) >= 11 is 0. The van der Waals surface area contributed by atoms with Crippen LogP contribution in [0.5, 0.6) is 0 Å². The molecule has 0 amide bonds. The average Bonchev–Trinajstić information content (AvgIpc) is 3.07. The zero-order valence-corrected chi connectivity index (χ0v) is 12.1. The van der Waals surface area contributed by atoms with Gasteiger partial charge in [-0.2, -0.15) is 5.10 Å². The highest BCUT2D eigenvalue weighted by molar-refractivity contribution is 5.76. The maximum Gasteiger partial charge on any atom is 0.312 e. The van der Waals surface area contributed by atoms with Crippen molar-refractivity contribution in [3.63, 3.8) is 0 Å². The molecule has 1 aromatic heterocycles. The van der Waals surface area contributed by atoms with Crippen LogP contribution in [0.15, 0.2) is 6.07 Å². The van der Waals surface area contributed by atoms with Crippen LogP contribution in [0.1, 0.15) is 37.6 Å². The lowest BCUT2D eigenvalue weighted by atomic mass is 9.75. The Balaban J connectivity index is 1.90. The number of nitrogens with zero attached hydrogens (tertiary/aromatic N) is 2. The Morgan fingerprint density at radius 1 is 1.60 bits per heavy atom. The molecule has 0 radical (unpaired) electrons. The van der Waals surface area contributed by atoms with Gasteiger partial charge >= 0.3 is 5.97 Å². The zero-order chi connectivity index (χ0) is 14.3. The van der Waals surface area contributed by atoms with Gasteiger partial charge in [0, 0.05) is 25.8 Å². The van der Waals surface area contributed by atoms with Crippen LogP contribution in [0, 0.1) is 11.3 Å². The van der Waals surface area contributed by atoms with Crippen LogP contribution < -0.4 is 0 Å².